The van der Waals surface area contributed by atoms with E-state index in [4.69, 9.17) is 0 Å². The predicted molar refractivity (Wildman–Crippen MR) is 52.5 cm³/mol. The van der Waals surface area contributed by atoms with Gasteiger partial charge in [-0.3, -0.25) is 4.99 Å². The van der Waals surface area contributed by atoms with Gasteiger partial charge in [-0.1, -0.05) is 30.0 Å². The Morgan fingerprint density at radius 1 is 1.23 bits per heavy atom. The van der Waals surface area contributed by atoms with Crippen molar-refractivity contribution in [3.63, 3.8) is 0 Å². The molecular weight excluding hydrogens is 232 g/mol. The Morgan fingerprint density at radius 3 is 2.85 bits per heavy atom. The maximum Gasteiger partial charge on any atom is 1.00 e. The van der Waals surface area contributed by atoms with Crippen molar-refractivity contribution < 1.29 is 58.2 Å². The number of nitrogens with zero attached hydrogens (tertiary/aromatic N) is 1. The number of allylic oxidation sites excluding steroid dienone is 1. The van der Waals surface area contributed by atoms with Crippen molar-refractivity contribution >= 4 is 18.0 Å². The smallest absolute Gasteiger partial charge is 0.277 e. The van der Waals surface area contributed by atoms with Gasteiger partial charge in [0.2, 0.25) is 0 Å². The van der Waals surface area contributed by atoms with Crippen molar-refractivity contribution in [2.24, 2.45) is 4.99 Å². The molecule has 1 nitrogen and oxygen atoms in total. The molecule has 0 aromatic heterocycles. The van der Waals surface area contributed by atoms with Crippen LogP contribution < -0.4 is 58.2 Å². The molecule has 0 atom stereocenters. The summed E-state index contributed by atoms with van der Waals surface area (Å²) in [5.74, 6) is 1.19. The van der Waals surface area contributed by atoms with E-state index in [1.807, 2.05) is 31.3 Å². The first-order valence-electron chi connectivity index (χ1n) is 4.01. The van der Waals surface area contributed by atoms with Crippen LogP contribution in [0.15, 0.2) is 35.3 Å². The molecular formula is C11H10NRb. The number of fused-ring (bicyclic) bond motifs is 1. The zero-order valence-corrected chi connectivity index (χ0v) is 12.9. The maximum atomic E-state index is 4.34. The summed E-state index contributed by atoms with van der Waals surface area (Å²) in [7, 11) is 0. The van der Waals surface area contributed by atoms with Crippen molar-refractivity contribution in [2.75, 3.05) is 0 Å². The molecule has 1 aromatic rings. The molecule has 0 amide bonds. The topological polar surface area (TPSA) is 12.4 Å². The fourth-order valence-corrected chi connectivity index (χ4v) is 1.18. The molecule has 0 saturated heterocycles. The Bertz CT molecular complexity index is 309. The van der Waals surface area contributed by atoms with Gasteiger partial charge < -0.3 is 0 Å². The van der Waals surface area contributed by atoms with Gasteiger partial charge in [-0.25, -0.2) is 6.08 Å². The summed E-state index contributed by atoms with van der Waals surface area (Å²) in [5.41, 5.74) is 2.23. The summed E-state index contributed by atoms with van der Waals surface area (Å²) in [5, 5.41) is 0. The number of para-hydroxylation sites is 1. The zero-order chi connectivity index (χ0) is 8.39. The molecule has 2 rings (SSSR count). The monoisotopic (exact) mass is 241 g/mol. The number of benzene rings is 1. The van der Waals surface area contributed by atoms with Crippen molar-refractivity contribution in [1.29, 1.82) is 0 Å². The predicted octanol–water partition coefficient (Wildman–Crippen LogP) is 0.0141. The fraction of sp³-hybridized carbons (Fsp3) is 0.0909. The molecule has 0 N–H and O–H groups in total. The molecule has 0 radical (unpaired) electrons. The molecule has 0 aliphatic carbocycles. The summed E-state index contributed by atoms with van der Waals surface area (Å²) >= 11 is 0. The van der Waals surface area contributed by atoms with E-state index in [2.05, 4.69) is 23.2 Å². The van der Waals surface area contributed by atoms with Crippen LogP contribution >= 0.6 is 0 Å². The van der Waals surface area contributed by atoms with Gasteiger partial charge in [-0.2, -0.15) is 12.0 Å². The largest absolute Gasteiger partial charge is 1.00 e. The van der Waals surface area contributed by atoms with Gasteiger partial charge in [0, 0.05) is 0 Å². The van der Waals surface area contributed by atoms with E-state index in [0.717, 1.165) is 5.69 Å². The van der Waals surface area contributed by atoms with E-state index < -0.39 is 0 Å². The summed E-state index contributed by atoms with van der Waals surface area (Å²) in [6, 6.07) is 8.13. The third-order valence-corrected chi connectivity index (χ3v) is 1.87. The molecule has 60 valence electrons. The van der Waals surface area contributed by atoms with Crippen LogP contribution in [0.3, 0.4) is 0 Å². The van der Waals surface area contributed by atoms with Gasteiger partial charge in [0.15, 0.2) is 0 Å². The molecule has 1 aliphatic heterocycles. The van der Waals surface area contributed by atoms with Gasteiger partial charge in [0.05, 0.1) is 5.69 Å². The second-order valence-electron chi connectivity index (χ2n) is 2.89. The van der Waals surface area contributed by atoms with Crippen LogP contribution in [0.4, 0.5) is 5.69 Å². The number of hydrogen-bond donors (Lipinski definition) is 0. The van der Waals surface area contributed by atoms with Crippen LogP contribution in [-0.4, -0.2) is 6.21 Å². The first-order chi connectivity index (χ1) is 5.86. The minimum absolute atomic E-state index is 0. The van der Waals surface area contributed by atoms with Crippen molar-refractivity contribution in [1.82, 2.24) is 0 Å². The molecule has 1 aliphatic rings. The van der Waals surface area contributed by atoms with E-state index >= 15 is 0 Å². The number of aliphatic imine (C=N–C) groups is 1. The molecule has 1 heterocycles. The van der Waals surface area contributed by atoms with Crippen LogP contribution in [0.25, 0.3) is 6.08 Å². The third kappa shape index (κ3) is 2.88. The Kier molecular flexibility index (Phi) is 4.60. The number of hydrogen-bond acceptors (Lipinski definition) is 1. The third-order valence-electron chi connectivity index (χ3n) is 1.87. The first kappa shape index (κ1) is 11.4. The molecule has 0 bridgehead atoms. The normalized spacial score (nSPS) is 13.2. The molecule has 0 spiro atoms. The molecule has 1 aromatic carbocycles. The summed E-state index contributed by atoms with van der Waals surface area (Å²) < 4.78 is 0. The van der Waals surface area contributed by atoms with Gasteiger partial charge in [0.1, 0.15) is 0 Å². The standard InChI is InChI=1S/C11H10N.Rb/c1-9-6-7-10-4-2-3-5-11(10)12-8-9;/h2-8H,1H3;/q-1;+1. The molecule has 0 unspecified atom stereocenters. The van der Waals surface area contributed by atoms with Gasteiger partial charge in [0.25, 0.3) is 0 Å². The van der Waals surface area contributed by atoms with Crippen molar-refractivity contribution in [3.05, 3.63) is 41.8 Å². The average Bonchev–Trinajstić information content (AvgIpc) is 2.29. The summed E-state index contributed by atoms with van der Waals surface area (Å²) in [6.07, 6.45) is 6.06. The zero-order valence-electron chi connectivity index (χ0n) is 7.99. The van der Waals surface area contributed by atoms with Gasteiger partial charge >= 0.3 is 58.2 Å². The van der Waals surface area contributed by atoms with Crippen LogP contribution in [0.1, 0.15) is 12.5 Å². The summed E-state index contributed by atoms with van der Waals surface area (Å²) in [6.45, 7) is 2.05. The van der Waals surface area contributed by atoms with E-state index in [0.29, 0.717) is 0 Å². The van der Waals surface area contributed by atoms with Crippen LogP contribution in [0, 0.1) is 5.92 Å². The molecule has 13 heavy (non-hydrogen) atoms. The minimum atomic E-state index is 0. The van der Waals surface area contributed by atoms with E-state index in [1.54, 1.807) is 0 Å². The molecule has 0 fully saturated rings. The average molecular weight is 242 g/mol. The molecule has 0 saturated carbocycles. The molecule has 2 heteroatoms. The minimum Gasteiger partial charge on any atom is -0.277 e. The maximum absolute atomic E-state index is 4.34. The SMILES string of the molecule is C[C-]1C=Cc2ccccc2N=C1.[Rb+]. The quantitative estimate of drug-likeness (QED) is 0.568. The second-order valence-corrected chi connectivity index (χ2v) is 2.89. The van der Waals surface area contributed by atoms with Gasteiger partial charge in [-0.15, -0.1) is 6.92 Å². The van der Waals surface area contributed by atoms with Crippen molar-refractivity contribution in [3.8, 4) is 0 Å². The van der Waals surface area contributed by atoms with E-state index in [1.165, 1.54) is 11.5 Å². The van der Waals surface area contributed by atoms with Crippen LogP contribution in [-0.2, 0) is 0 Å². The Morgan fingerprint density at radius 2 is 2.00 bits per heavy atom. The van der Waals surface area contributed by atoms with Crippen LogP contribution in [0.5, 0.6) is 0 Å². The Hall–Kier alpha value is 0.305. The summed E-state index contributed by atoms with van der Waals surface area (Å²) in [4.78, 5) is 4.34. The first-order valence-corrected chi connectivity index (χ1v) is 4.01. The van der Waals surface area contributed by atoms with E-state index in [9.17, 15) is 0 Å². The Labute approximate surface area is 128 Å². The number of rotatable bonds is 0. The fourth-order valence-electron chi connectivity index (χ4n) is 1.18. The Balaban J connectivity index is 0.000000845. The van der Waals surface area contributed by atoms with E-state index in [-0.39, 0.29) is 58.2 Å². The van der Waals surface area contributed by atoms with Crippen molar-refractivity contribution in [2.45, 2.75) is 6.92 Å². The second kappa shape index (κ2) is 5.25. The van der Waals surface area contributed by atoms with Gasteiger partial charge in [-0.05, 0) is 6.07 Å². The van der Waals surface area contributed by atoms with Crippen LogP contribution in [0.2, 0.25) is 0 Å².